The predicted octanol–water partition coefficient (Wildman–Crippen LogP) is 3.74. The van der Waals surface area contributed by atoms with Crippen molar-refractivity contribution in [3.63, 3.8) is 0 Å². The van der Waals surface area contributed by atoms with Gasteiger partial charge in [-0.3, -0.25) is 0 Å². The number of hydrogen-bond acceptors (Lipinski definition) is 5. The molecule has 0 bridgehead atoms. The van der Waals surface area contributed by atoms with Gasteiger partial charge in [0.25, 0.3) is 0 Å². The van der Waals surface area contributed by atoms with E-state index < -0.39 is 18.3 Å². The van der Waals surface area contributed by atoms with E-state index in [1.807, 2.05) is 0 Å². The van der Waals surface area contributed by atoms with Gasteiger partial charge in [-0.05, 0) is 85.9 Å². The molecule has 0 aromatic rings. The van der Waals surface area contributed by atoms with Gasteiger partial charge in [-0.25, -0.2) is 0 Å². The van der Waals surface area contributed by atoms with Gasteiger partial charge in [-0.1, -0.05) is 27.7 Å². The largest absolute Gasteiger partial charge is 0.390 e. The molecule has 5 heteroatoms. The Labute approximate surface area is 193 Å². The number of hydrogen-bond donors (Lipinski definition) is 3. The van der Waals surface area contributed by atoms with Crippen molar-refractivity contribution < 1.29 is 24.8 Å². The smallest absolute Gasteiger partial charge is 0.171 e. The van der Waals surface area contributed by atoms with Gasteiger partial charge < -0.3 is 24.8 Å². The summed E-state index contributed by atoms with van der Waals surface area (Å²) in [5, 5.41) is 32.1. The predicted molar refractivity (Wildman–Crippen MR) is 121 cm³/mol. The van der Waals surface area contributed by atoms with Crippen LogP contribution in [-0.4, -0.2) is 52.1 Å². The quantitative estimate of drug-likeness (QED) is 0.526. The Kier molecular flexibility index (Phi) is 4.99. The van der Waals surface area contributed by atoms with Crippen LogP contribution in [0.25, 0.3) is 0 Å². The number of rotatable bonds is 0. The minimum absolute atomic E-state index is 0.266. The highest BCUT2D eigenvalue weighted by molar-refractivity contribution is 5.17. The van der Waals surface area contributed by atoms with Gasteiger partial charge in [0.15, 0.2) is 5.79 Å². The van der Waals surface area contributed by atoms with Crippen LogP contribution >= 0.6 is 0 Å². The average molecular weight is 449 g/mol. The maximum Gasteiger partial charge on any atom is 0.171 e. The van der Waals surface area contributed by atoms with Gasteiger partial charge in [0.1, 0.15) is 6.10 Å². The third kappa shape index (κ3) is 2.69. The Hall–Kier alpha value is -0.200. The van der Waals surface area contributed by atoms with Crippen LogP contribution in [0.5, 0.6) is 0 Å². The first-order valence-electron chi connectivity index (χ1n) is 13.5. The van der Waals surface area contributed by atoms with E-state index in [1.54, 1.807) is 0 Å². The number of fused-ring (bicyclic) bond motifs is 7. The zero-order valence-corrected chi connectivity index (χ0v) is 20.4. The van der Waals surface area contributed by atoms with E-state index in [1.165, 1.54) is 19.3 Å². The molecule has 6 fully saturated rings. The lowest BCUT2D eigenvalue weighted by molar-refractivity contribution is -0.274. The summed E-state index contributed by atoms with van der Waals surface area (Å²) in [4.78, 5) is 0. The minimum Gasteiger partial charge on any atom is -0.390 e. The van der Waals surface area contributed by atoms with Crippen LogP contribution in [0.4, 0.5) is 0 Å². The third-order valence-electron chi connectivity index (χ3n) is 12.1. The van der Waals surface area contributed by atoms with Crippen LogP contribution in [0.1, 0.15) is 79.1 Å². The number of ether oxygens (including phenoxy) is 2. The maximum absolute atomic E-state index is 11.2. The van der Waals surface area contributed by atoms with Crippen molar-refractivity contribution in [3.8, 4) is 0 Å². The van der Waals surface area contributed by atoms with Crippen LogP contribution in [0.3, 0.4) is 0 Å². The molecule has 0 amide bonds. The molecule has 4 aliphatic carbocycles. The van der Waals surface area contributed by atoms with E-state index in [9.17, 15) is 15.3 Å². The topological polar surface area (TPSA) is 79.2 Å². The first-order chi connectivity index (χ1) is 15.1. The standard InChI is InChI=1S/C27H44O5/c1-14-7-10-27(31-13-14)15(2)22-21(32-27)12-19-17-6-5-16-11-20(28)23(29)24(30)26(16,4)18(17)8-9-25(19,22)3/h14-24,28-30H,5-13H2,1-4H3/t14-,15+,16-,17-,18+,19-,20+,21+,22+,23-,24-,25+,26+,27-/m1/s1. The second-order valence-corrected chi connectivity index (χ2v) is 13.3. The molecule has 32 heavy (non-hydrogen) atoms. The van der Waals surface area contributed by atoms with Gasteiger partial charge in [0.05, 0.1) is 24.9 Å². The van der Waals surface area contributed by atoms with Gasteiger partial charge >= 0.3 is 0 Å². The lowest BCUT2D eigenvalue weighted by Crippen LogP contribution is -2.64. The molecule has 0 radical (unpaired) electrons. The Morgan fingerprint density at radius 2 is 1.66 bits per heavy atom. The maximum atomic E-state index is 11.2. The van der Waals surface area contributed by atoms with Gasteiger partial charge in [0, 0.05) is 17.8 Å². The Balaban J connectivity index is 1.28. The Morgan fingerprint density at radius 1 is 0.875 bits per heavy atom. The first kappa shape index (κ1) is 22.3. The lowest BCUT2D eigenvalue weighted by atomic mass is 9.43. The molecule has 6 rings (SSSR count). The molecule has 1 spiro atoms. The van der Waals surface area contributed by atoms with E-state index in [4.69, 9.17) is 9.47 Å². The summed E-state index contributed by atoms with van der Waals surface area (Å²) in [7, 11) is 0. The van der Waals surface area contributed by atoms with Crippen molar-refractivity contribution in [2.75, 3.05) is 6.61 Å². The Morgan fingerprint density at radius 3 is 2.38 bits per heavy atom. The third-order valence-corrected chi connectivity index (χ3v) is 12.1. The van der Waals surface area contributed by atoms with Gasteiger partial charge in [-0.2, -0.15) is 0 Å². The van der Waals surface area contributed by atoms with Crippen LogP contribution in [0.2, 0.25) is 0 Å². The first-order valence-corrected chi connectivity index (χ1v) is 13.5. The van der Waals surface area contributed by atoms with E-state index >= 15 is 0 Å². The molecule has 2 heterocycles. The molecule has 0 unspecified atom stereocenters. The van der Waals surface area contributed by atoms with Crippen molar-refractivity contribution in [1.29, 1.82) is 0 Å². The molecule has 0 aromatic heterocycles. The minimum atomic E-state index is -1.01. The van der Waals surface area contributed by atoms with Crippen LogP contribution < -0.4 is 0 Å². The van der Waals surface area contributed by atoms with Crippen molar-refractivity contribution in [2.45, 2.75) is 109 Å². The Bertz CT molecular complexity index is 744. The second-order valence-electron chi connectivity index (χ2n) is 13.3. The molecular formula is C27H44O5. The van der Waals surface area contributed by atoms with Crippen molar-refractivity contribution in [1.82, 2.24) is 0 Å². The highest BCUT2D eigenvalue weighted by atomic mass is 16.7. The summed E-state index contributed by atoms with van der Waals surface area (Å²) in [5.74, 6) is 3.17. The molecule has 182 valence electrons. The molecule has 0 aromatic carbocycles. The average Bonchev–Trinajstić information content (AvgIpc) is 3.21. The fourth-order valence-electron chi connectivity index (χ4n) is 10.3. The van der Waals surface area contributed by atoms with Crippen LogP contribution in [-0.2, 0) is 9.47 Å². The van der Waals surface area contributed by atoms with E-state index in [0.717, 1.165) is 32.3 Å². The molecule has 2 saturated heterocycles. The molecule has 2 aliphatic heterocycles. The van der Waals surface area contributed by atoms with E-state index in [0.29, 0.717) is 54.0 Å². The van der Waals surface area contributed by atoms with Gasteiger partial charge in [-0.15, -0.1) is 0 Å². The SMILES string of the molecule is C[C@@H]1CC[C@@]2(OC1)O[C@H]1C[C@@H]3[C@@H]4CC[C@@H]5C[C@H](O)[C@@H](O)[C@@H](O)[C@]5(C)[C@H]4CC[C@]3(C)[C@H]1[C@@H]2C. The molecule has 3 N–H and O–H groups in total. The van der Waals surface area contributed by atoms with Gasteiger partial charge in [0.2, 0.25) is 0 Å². The summed E-state index contributed by atoms with van der Waals surface area (Å²) >= 11 is 0. The molecular weight excluding hydrogens is 404 g/mol. The van der Waals surface area contributed by atoms with Crippen molar-refractivity contribution >= 4 is 0 Å². The summed E-state index contributed by atoms with van der Waals surface area (Å²) in [6.45, 7) is 10.2. The van der Waals surface area contributed by atoms with Crippen LogP contribution in [0, 0.1) is 52.3 Å². The summed E-state index contributed by atoms with van der Waals surface area (Å²) < 4.78 is 13.3. The lowest BCUT2D eigenvalue weighted by Gasteiger charge is -2.63. The molecule has 4 saturated carbocycles. The normalized spacial score (nSPS) is 64.0. The van der Waals surface area contributed by atoms with Crippen molar-refractivity contribution in [2.24, 2.45) is 52.3 Å². The zero-order chi connectivity index (χ0) is 22.6. The molecule has 14 atom stereocenters. The fourth-order valence-corrected chi connectivity index (χ4v) is 10.3. The summed E-state index contributed by atoms with van der Waals surface area (Å²) in [6.07, 6.45) is 6.17. The highest BCUT2D eigenvalue weighted by Gasteiger charge is 2.70. The zero-order valence-electron chi connectivity index (χ0n) is 20.4. The van der Waals surface area contributed by atoms with E-state index in [-0.39, 0.29) is 16.6 Å². The van der Waals surface area contributed by atoms with Crippen LogP contribution in [0.15, 0.2) is 0 Å². The number of aliphatic hydroxyl groups is 3. The summed E-state index contributed by atoms with van der Waals surface area (Å²) in [5.41, 5.74) is -0.0287. The monoisotopic (exact) mass is 448 g/mol. The molecule has 6 aliphatic rings. The summed E-state index contributed by atoms with van der Waals surface area (Å²) in [6, 6.07) is 0. The number of aliphatic hydroxyl groups excluding tert-OH is 3. The highest BCUT2D eigenvalue weighted by Crippen LogP contribution is 2.71. The fraction of sp³-hybridized carbons (Fsp3) is 1.00. The molecule has 5 nitrogen and oxygen atoms in total. The van der Waals surface area contributed by atoms with Crippen molar-refractivity contribution in [3.05, 3.63) is 0 Å². The second kappa shape index (κ2) is 7.16. The van der Waals surface area contributed by atoms with E-state index in [2.05, 4.69) is 27.7 Å².